The van der Waals surface area contributed by atoms with Crippen molar-refractivity contribution in [2.75, 3.05) is 13.1 Å². The molecule has 0 aliphatic carbocycles. The summed E-state index contributed by atoms with van der Waals surface area (Å²) in [5.41, 5.74) is 1.14. The van der Waals surface area contributed by atoms with Crippen molar-refractivity contribution < 1.29 is 13.2 Å². The molecule has 0 spiro atoms. The Morgan fingerprint density at radius 3 is 2.48 bits per heavy atom. The van der Waals surface area contributed by atoms with Gasteiger partial charge in [0, 0.05) is 35.8 Å². The third kappa shape index (κ3) is 6.26. The van der Waals surface area contributed by atoms with Gasteiger partial charge < -0.3 is 10.6 Å². The Hall–Kier alpha value is -2.46. The van der Waals surface area contributed by atoms with E-state index in [4.69, 9.17) is 0 Å². The molecule has 29 heavy (non-hydrogen) atoms. The number of aromatic nitrogens is 2. The number of nitrogens with one attached hydrogen (secondary N) is 2. The third-order valence-electron chi connectivity index (χ3n) is 3.81. The molecule has 0 saturated heterocycles. The summed E-state index contributed by atoms with van der Waals surface area (Å²) in [5, 5.41) is 10.6. The van der Waals surface area contributed by atoms with Gasteiger partial charge in [0.25, 0.3) is 0 Å². The average molecular weight is 440 g/mol. The first-order valence-corrected chi connectivity index (χ1v) is 10.7. The fourth-order valence-electron chi connectivity index (χ4n) is 2.46. The number of hydrogen-bond donors (Lipinski definition) is 2. The highest BCUT2D eigenvalue weighted by Crippen LogP contribution is 2.30. The lowest BCUT2D eigenvalue weighted by molar-refractivity contribution is -0.140. The van der Waals surface area contributed by atoms with Crippen LogP contribution in [0.2, 0.25) is 0 Å². The lowest BCUT2D eigenvalue weighted by Crippen LogP contribution is -2.38. The van der Waals surface area contributed by atoms with E-state index in [0.717, 1.165) is 33.0 Å². The van der Waals surface area contributed by atoms with E-state index in [-0.39, 0.29) is 0 Å². The minimum atomic E-state index is -4.40. The van der Waals surface area contributed by atoms with E-state index in [1.807, 2.05) is 42.6 Å². The molecular weight excluding hydrogens is 419 g/mol. The van der Waals surface area contributed by atoms with Crippen LogP contribution in [-0.4, -0.2) is 29.0 Å². The van der Waals surface area contributed by atoms with Gasteiger partial charge >= 0.3 is 6.18 Å². The predicted octanol–water partition coefficient (Wildman–Crippen LogP) is 4.58. The highest BCUT2D eigenvalue weighted by molar-refractivity contribution is 7.10. The summed E-state index contributed by atoms with van der Waals surface area (Å²) < 4.78 is 37.9. The van der Waals surface area contributed by atoms with Crippen molar-refractivity contribution in [1.82, 2.24) is 20.6 Å². The van der Waals surface area contributed by atoms with Crippen LogP contribution in [0.3, 0.4) is 0 Å². The lowest BCUT2D eigenvalue weighted by atomic mass is 10.2. The van der Waals surface area contributed by atoms with Crippen molar-refractivity contribution in [3.63, 3.8) is 0 Å². The van der Waals surface area contributed by atoms with Gasteiger partial charge in [0.05, 0.1) is 17.2 Å². The molecule has 0 fully saturated rings. The van der Waals surface area contributed by atoms with E-state index in [9.17, 15) is 13.2 Å². The topological polar surface area (TPSA) is 62.2 Å². The molecule has 2 heterocycles. The van der Waals surface area contributed by atoms with Crippen LogP contribution in [-0.2, 0) is 19.1 Å². The normalized spacial score (nSPS) is 12.2. The van der Waals surface area contributed by atoms with E-state index < -0.39 is 11.9 Å². The standard InChI is InChI=1S/C19H20F3N5S2/c1-2-23-18(24-9-8-16-27-15(12-29-16)19(20,21)22)25-10-17-26-14(11-28-17)13-6-4-3-5-7-13/h3-7,11-12H,2,8-10H2,1H3,(H2,23,24,25). The van der Waals surface area contributed by atoms with E-state index in [2.05, 4.69) is 25.6 Å². The van der Waals surface area contributed by atoms with Crippen LogP contribution >= 0.6 is 22.7 Å². The maximum absolute atomic E-state index is 12.6. The zero-order valence-corrected chi connectivity index (χ0v) is 17.3. The Morgan fingerprint density at radius 1 is 1.03 bits per heavy atom. The molecule has 2 aromatic heterocycles. The van der Waals surface area contributed by atoms with Crippen LogP contribution < -0.4 is 10.6 Å². The molecule has 0 bridgehead atoms. The molecule has 10 heteroatoms. The Kier molecular flexibility index (Phi) is 7.21. The number of alkyl halides is 3. The van der Waals surface area contributed by atoms with Crippen molar-refractivity contribution in [3.8, 4) is 11.3 Å². The van der Waals surface area contributed by atoms with Crippen LogP contribution in [0.15, 0.2) is 46.1 Å². The Labute approximate surface area is 174 Å². The lowest BCUT2D eigenvalue weighted by Gasteiger charge is -2.10. The second kappa shape index (κ2) is 9.84. The number of halogens is 3. The summed E-state index contributed by atoms with van der Waals surface area (Å²) in [4.78, 5) is 12.8. The van der Waals surface area contributed by atoms with Crippen molar-refractivity contribution >= 4 is 28.6 Å². The molecule has 154 valence electrons. The van der Waals surface area contributed by atoms with E-state index in [1.54, 1.807) is 11.3 Å². The Bertz CT molecular complexity index is 935. The maximum atomic E-state index is 12.6. The molecule has 0 aliphatic rings. The fraction of sp³-hybridized carbons (Fsp3) is 0.316. The smallest absolute Gasteiger partial charge is 0.357 e. The molecule has 0 saturated carbocycles. The van der Waals surface area contributed by atoms with Crippen molar-refractivity contribution in [2.45, 2.75) is 26.1 Å². The van der Waals surface area contributed by atoms with Crippen LogP contribution in [0, 0.1) is 0 Å². The number of rotatable bonds is 7. The maximum Gasteiger partial charge on any atom is 0.434 e. The second-order valence-electron chi connectivity index (χ2n) is 5.99. The van der Waals surface area contributed by atoms with Gasteiger partial charge in [-0.3, -0.25) is 0 Å². The number of benzene rings is 1. The summed E-state index contributed by atoms with van der Waals surface area (Å²) in [7, 11) is 0. The van der Waals surface area contributed by atoms with Gasteiger partial charge in [-0.2, -0.15) is 13.2 Å². The van der Waals surface area contributed by atoms with E-state index in [1.165, 1.54) is 0 Å². The molecule has 5 nitrogen and oxygen atoms in total. The molecule has 0 aliphatic heterocycles. The first-order chi connectivity index (χ1) is 14.0. The van der Waals surface area contributed by atoms with Crippen LogP contribution in [0.1, 0.15) is 22.6 Å². The van der Waals surface area contributed by atoms with Gasteiger partial charge in [0.15, 0.2) is 11.7 Å². The molecule has 0 unspecified atom stereocenters. The molecule has 0 atom stereocenters. The molecular formula is C19H20F3N5S2. The largest absolute Gasteiger partial charge is 0.434 e. The monoisotopic (exact) mass is 439 g/mol. The predicted molar refractivity (Wildman–Crippen MR) is 111 cm³/mol. The van der Waals surface area contributed by atoms with Crippen molar-refractivity contribution in [1.29, 1.82) is 0 Å². The minimum Gasteiger partial charge on any atom is -0.357 e. The van der Waals surface area contributed by atoms with E-state index in [0.29, 0.717) is 37.0 Å². The Balaban J connectivity index is 1.55. The molecule has 2 N–H and O–H groups in total. The Morgan fingerprint density at radius 2 is 1.79 bits per heavy atom. The van der Waals surface area contributed by atoms with Gasteiger partial charge in [-0.1, -0.05) is 30.3 Å². The highest BCUT2D eigenvalue weighted by Gasteiger charge is 2.33. The number of nitrogens with zero attached hydrogens (tertiary/aromatic N) is 3. The summed E-state index contributed by atoms with van der Waals surface area (Å²) in [6, 6.07) is 9.93. The zero-order valence-electron chi connectivity index (χ0n) is 15.7. The van der Waals surface area contributed by atoms with Crippen LogP contribution in [0.4, 0.5) is 13.2 Å². The molecule has 1 aromatic carbocycles. The second-order valence-corrected chi connectivity index (χ2v) is 7.87. The average Bonchev–Trinajstić information content (AvgIpc) is 3.36. The van der Waals surface area contributed by atoms with Gasteiger partial charge in [-0.25, -0.2) is 15.0 Å². The molecule has 3 aromatic rings. The van der Waals surface area contributed by atoms with Crippen molar-refractivity contribution in [3.05, 3.63) is 56.8 Å². The van der Waals surface area contributed by atoms with Gasteiger partial charge in [-0.15, -0.1) is 22.7 Å². The molecule has 3 rings (SSSR count). The number of aliphatic imine (C=N–C) groups is 1. The first kappa shape index (κ1) is 21.3. The van der Waals surface area contributed by atoms with Crippen LogP contribution in [0.25, 0.3) is 11.3 Å². The quantitative estimate of drug-likeness (QED) is 0.418. The number of hydrogen-bond acceptors (Lipinski definition) is 5. The molecule has 0 radical (unpaired) electrons. The third-order valence-corrected chi connectivity index (χ3v) is 5.55. The zero-order chi connectivity index (χ0) is 20.7. The van der Waals surface area contributed by atoms with Crippen molar-refractivity contribution in [2.24, 2.45) is 4.99 Å². The van der Waals surface area contributed by atoms with Gasteiger partial charge in [-0.05, 0) is 6.92 Å². The highest BCUT2D eigenvalue weighted by atomic mass is 32.1. The van der Waals surface area contributed by atoms with Gasteiger partial charge in [0.1, 0.15) is 5.01 Å². The first-order valence-electron chi connectivity index (χ1n) is 8.99. The summed E-state index contributed by atoms with van der Waals surface area (Å²) in [6.45, 7) is 3.48. The van der Waals surface area contributed by atoms with Crippen LogP contribution in [0.5, 0.6) is 0 Å². The SMILES string of the molecule is CCNC(=NCc1nc(-c2ccccc2)cs1)NCCc1nc(C(F)(F)F)cs1. The minimum absolute atomic E-state index is 0.389. The summed E-state index contributed by atoms with van der Waals surface area (Å²) >= 11 is 2.55. The van der Waals surface area contributed by atoms with E-state index >= 15 is 0 Å². The van der Waals surface area contributed by atoms with Gasteiger partial charge in [0.2, 0.25) is 0 Å². The number of guanidine groups is 1. The fourth-order valence-corrected chi connectivity index (χ4v) is 3.99. The number of thiazole rings is 2. The summed E-state index contributed by atoms with van der Waals surface area (Å²) in [5.74, 6) is 0.594. The molecule has 0 amide bonds. The summed E-state index contributed by atoms with van der Waals surface area (Å²) in [6.07, 6.45) is -4.01.